The van der Waals surface area contributed by atoms with Crippen LogP contribution >= 0.6 is 0 Å². The number of alkyl halides is 1. The van der Waals surface area contributed by atoms with Crippen LogP contribution in [0.4, 0.5) is 8.78 Å². The van der Waals surface area contributed by atoms with Gasteiger partial charge in [0.05, 0.1) is 5.56 Å². The van der Waals surface area contributed by atoms with Crippen LogP contribution in [0.25, 0.3) is 5.57 Å². The van der Waals surface area contributed by atoms with Gasteiger partial charge in [0.1, 0.15) is 11.9 Å². The maximum absolute atomic E-state index is 16.1. The molecule has 0 amide bonds. The second-order valence-corrected chi connectivity index (χ2v) is 5.99. The van der Waals surface area contributed by atoms with Crippen molar-refractivity contribution in [1.29, 1.82) is 5.26 Å². The van der Waals surface area contributed by atoms with Crippen molar-refractivity contribution in [1.82, 2.24) is 0 Å². The Labute approximate surface area is 146 Å². The summed E-state index contributed by atoms with van der Waals surface area (Å²) in [7, 11) is 0. The van der Waals surface area contributed by atoms with Crippen LogP contribution in [0.3, 0.4) is 0 Å². The molecule has 0 aliphatic heterocycles. The van der Waals surface area contributed by atoms with Crippen LogP contribution in [0.15, 0.2) is 73.3 Å². The predicted molar refractivity (Wildman–Crippen MR) is 96.0 cm³/mol. The second kappa shape index (κ2) is 6.86. The van der Waals surface area contributed by atoms with Crippen molar-refractivity contribution in [3.05, 3.63) is 101 Å². The van der Waals surface area contributed by atoms with E-state index in [9.17, 15) is 4.39 Å². The average molecular weight is 333 g/mol. The Morgan fingerprint density at radius 2 is 2.04 bits per heavy atom. The van der Waals surface area contributed by atoms with Crippen LogP contribution in [0.2, 0.25) is 0 Å². The van der Waals surface area contributed by atoms with E-state index < -0.39 is 11.5 Å². The van der Waals surface area contributed by atoms with Crippen LogP contribution in [0.1, 0.15) is 28.7 Å². The van der Waals surface area contributed by atoms with E-state index in [0.29, 0.717) is 12.0 Å². The van der Waals surface area contributed by atoms with Gasteiger partial charge in [0.2, 0.25) is 0 Å². The van der Waals surface area contributed by atoms with Gasteiger partial charge in [-0.1, -0.05) is 60.7 Å². The number of halogens is 2. The summed E-state index contributed by atoms with van der Waals surface area (Å²) < 4.78 is 30.7. The predicted octanol–water partition coefficient (Wildman–Crippen LogP) is 5.63. The lowest BCUT2D eigenvalue weighted by atomic mass is 9.78. The van der Waals surface area contributed by atoms with E-state index in [0.717, 1.165) is 5.56 Å². The van der Waals surface area contributed by atoms with Crippen molar-refractivity contribution in [2.24, 2.45) is 0 Å². The van der Waals surface area contributed by atoms with Gasteiger partial charge in [0, 0.05) is 17.6 Å². The molecule has 0 radical (unpaired) electrons. The molecule has 0 spiro atoms. The molecule has 0 fully saturated rings. The van der Waals surface area contributed by atoms with Gasteiger partial charge in [-0.25, -0.2) is 8.78 Å². The summed E-state index contributed by atoms with van der Waals surface area (Å²) in [6.07, 6.45) is 7.56. The van der Waals surface area contributed by atoms with Gasteiger partial charge in [-0.05, 0) is 23.6 Å². The van der Waals surface area contributed by atoms with Crippen LogP contribution in [-0.2, 0) is 12.1 Å². The summed E-state index contributed by atoms with van der Waals surface area (Å²) in [5, 5.41) is 9.06. The molecule has 2 aromatic carbocycles. The lowest BCUT2D eigenvalue weighted by Crippen LogP contribution is -2.24. The number of nitrogens with zero attached hydrogens (tertiary/aromatic N) is 1. The Hall–Kier alpha value is -2.99. The fraction of sp³-hybridized carbons (Fsp3) is 0.136. The third-order valence-corrected chi connectivity index (χ3v) is 4.40. The molecule has 124 valence electrons. The van der Waals surface area contributed by atoms with E-state index in [1.54, 1.807) is 48.6 Å². The fourth-order valence-corrected chi connectivity index (χ4v) is 3.15. The SMILES string of the molecule is C=CCc1cccc(C2(F)CC=CC=C2c2cccc(C#N)c2F)c1. The van der Waals surface area contributed by atoms with Crippen molar-refractivity contribution in [2.45, 2.75) is 18.5 Å². The monoisotopic (exact) mass is 333 g/mol. The van der Waals surface area contributed by atoms with Crippen LogP contribution in [0.5, 0.6) is 0 Å². The molecule has 3 rings (SSSR count). The fourth-order valence-electron chi connectivity index (χ4n) is 3.15. The third kappa shape index (κ3) is 3.04. The first kappa shape index (κ1) is 16.9. The molecule has 2 aromatic rings. The lowest BCUT2D eigenvalue weighted by molar-refractivity contribution is 0.249. The van der Waals surface area contributed by atoms with Gasteiger partial charge in [-0.2, -0.15) is 5.26 Å². The number of rotatable bonds is 4. The first-order valence-electron chi connectivity index (χ1n) is 8.05. The molecular weight excluding hydrogens is 316 g/mol. The molecule has 1 atom stereocenters. The second-order valence-electron chi connectivity index (χ2n) is 5.99. The minimum Gasteiger partial charge on any atom is -0.233 e. The van der Waals surface area contributed by atoms with E-state index >= 15 is 4.39 Å². The Balaban J connectivity index is 2.14. The summed E-state index contributed by atoms with van der Waals surface area (Å²) in [6.45, 7) is 3.71. The maximum Gasteiger partial charge on any atom is 0.165 e. The van der Waals surface area contributed by atoms with Crippen LogP contribution < -0.4 is 0 Å². The maximum atomic E-state index is 16.1. The highest BCUT2D eigenvalue weighted by molar-refractivity contribution is 5.77. The highest BCUT2D eigenvalue weighted by atomic mass is 19.1. The van der Waals surface area contributed by atoms with Crippen molar-refractivity contribution >= 4 is 5.57 Å². The summed E-state index contributed by atoms with van der Waals surface area (Å²) in [5.74, 6) is -0.684. The van der Waals surface area contributed by atoms with Gasteiger partial charge >= 0.3 is 0 Å². The number of hydrogen-bond donors (Lipinski definition) is 0. The molecule has 0 saturated carbocycles. The Kier molecular flexibility index (Phi) is 4.63. The Morgan fingerprint density at radius 3 is 2.80 bits per heavy atom. The number of hydrogen-bond acceptors (Lipinski definition) is 1. The van der Waals surface area contributed by atoms with Crippen molar-refractivity contribution < 1.29 is 8.78 Å². The molecular formula is C22H17F2N. The molecule has 1 aliphatic carbocycles. The highest BCUT2D eigenvalue weighted by Crippen LogP contribution is 2.46. The number of benzene rings is 2. The summed E-state index contributed by atoms with van der Waals surface area (Å²) in [4.78, 5) is 0. The molecule has 0 aromatic heterocycles. The Morgan fingerprint density at radius 1 is 1.24 bits per heavy atom. The summed E-state index contributed by atoms with van der Waals surface area (Å²) in [5.41, 5.74) is -0.147. The van der Waals surface area contributed by atoms with Gasteiger partial charge in [-0.15, -0.1) is 6.58 Å². The molecule has 0 saturated heterocycles. The van der Waals surface area contributed by atoms with Gasteiger partial charge in [0.15, 0.2) is 5.67 Å². The first-order valence-corrected chi connectivity index (χ1v) is 8.05. The van der Waals surface area contributed by atoms with E-state index in [2.05, 4.69) is 6.58 Å². The summed E-state index contributed by atoms with van der Waals surface area (Å²) >= 11 is 0. The molecule has 0 bridgehead atoms. The zero-order valence-corrected chi connectivity index (χ0v) is 13.7. The van der Waals surface area contributed by atoms with Gasteiger partial charge in [0.25, 0.3) is 0 Å². The van der Waals surface area contributed by atoms with Crippen molar-refractivity contribution in [3.63, 3.8) is 0 Å². The van der Waals surface area contributed by atoms with E-state index in [1.165, 1.54) is 12.1 Å². The van der Waals surface area contributed by atoms with Crippen molar-refractivity contribution in [3.8, 4) is 6.07 Å². The zero-order chi connectivity index (χ0) is 17.9. The molecule has 0 heterocycles. The number of allylic oxidation sites excluding steroid dienone is 5. The topological polar surface area (TPSA) is 23.8 Å². The molecule has 1 unspecified atom stereocenters. The van der Waals surface area contributed by atoms with E-state index in [4.69, 9.17) is 5.26 Å². The normalized spacial score (nSPS) is 19.2. The third-order valence-electron chi connectivity index (χ3n) is 4.40. The molecule has 3 heteroatoms. The minimum absolute atomic E-state index is 0.0873. The molecule has 1 nitrogen and oxygen atoms in total. The standard InChI is InChI=1S/C22H17F2N/c1-2-7-16-8-5-10-18(14-16)22(24)13-4-3-12-20(22)19-11-6-9-17(15-25)21(19)23/h2-6,8-12,14H,1,7,13H2. The van der Waals surface area contributed by atoms with Gasteiger partial charge < -0.3 is 0 Å². The van der Waals surface area contributed by atoms with E-state index in [-0.39, 0.29) is 23.1 Å². The molecule has 0 N–H and O–H groups in total. The smallest absolute Gasteiger partial charge is 0.165 e. The largest absolute Gasteiger partial charge is 0.233 e. The van der Waals surface area contributed by atoms with Crippen LogP contribution in [-0.4, -0.2) is 0 Å². The molecule has 25 heavy (non-hydrogen) atoms. The quantitative estimate of drug-likeness (QED) is 0.665. The zero-order valence-electron chi connectivity index (χ0n) is 13.7. The lowest BCUT2D eigenvalue weighted by Gasteiger charge is -2.31. The first-order chi connectivity index (χ1) is 12.1. The highest BCUT2D eigenvalue weighted by Gasteiger charge is 2.38. The van der Waals surface area contributed by atoms with Crippen molar-refractivity contribution in [2.75, 3.05) is 0 Å². The Bertz CT molecular complexity index is 918. The van der Waals surface area contributed by atoms with E-state index in [1.807, 2.05) is 12.1 Å². The van der Waals surface area contributed by atoms with Crippen LogP contribution in [0, 0.1) is 17.1 Å². The minimum atomic E-state index is -1.85. The summed E-state index contributed by atoms with van der Waals surface area (Å²) in [6, 6.07) is 13.5. The molecule has 1 aliphatic rings. The van der Waals surface area contributed by atoms with Gasteiger partial charge in [-0.3, -0.25) is 0 Å². The number of nitriles is 1. The average Bonchev–Trinajstić information content (AvgIpc) is 2.63.